The zero-order chi connectivity index (χ0) is 43.8. The zero-order valence-corrected chi connectivity index (χ0v) is 37.5. The van der Waals surface area contributed by atoms with E-state index >= 15 is 0 Å². The lowest BCUT2D eigenvalue weighted by Gasteiger charge is -2.42. The minimum absolute atomic E-state index is 0.0696. The molecule has 7 N–H and O–H groups in total. The Morgan fingerprint density at radius 1 is 0.483 bits per heavy atom. The first-order valence-electron chi connectivity index (χ1n) is 24.1. The third-order valence-corrected chi connectivity index (χ3v) is 11.9. The zero-order valence-electron chi connectivity index (χ0n) is 37.5. The van der Waals surface area contributed by atoms with Gasteiger partial charge in [-0.15, -0.1) is 0 Å². The second-order valence-corrected chi connectivity index (χ2v) is 17.3. The molecule has 0 spiro atoms. The third-order valence-electron chi connectivity index (χ3n) is 11.9. The second kappa shape index (κ2) is 35.4. The number of hydrogen-bond acceptors (Lipinski definition) is 14. The van der Waals surface area contributed by atoms with Crippen LogP contribution in [0.1, 0.15) is 187 Å². The number of unbranched alkanes of at least 4 members (excludes halogenated alkanes) is 24. The van der Waals surface area contributed by atoms with Gasteiger partial charge in [0.25, 0.3) is 0 Å². The first kappa shape index (κ1) is 55.1. The van der Waals surface area contributed by atoms with Crippen molar-refractivity contribution in [1.82, 2.24) is 0 Å². The van der Waals surface area contributed by atoms with Crippen molar-refractivity contribution in [3.8, 4) is 0 Å². The van der Waals surface area contributed by atoms with Crippen molar-refractivity contribution in [3.63, 3.8) is 0 Å². The lowest BCUT2D eigenvalue weighted by molar-refractivity contribution is -0.332. The van der Waals surface area contributed by atoms with E-state index in [2.05, 4.69) is 13.8 Å². The molecule has 2 aliphatic rings. The standard InChI is InChI=1S/C46H88O14/c1-3-5-7-9-11-13-15-16-17-18-19-20-22-24-26-28-30-55-32-35(58-38(48)29-27-25-23-21-14-12-10-8-6-4-2)33-56-45-44(54)42(52)40(50)37(60-45)34-57-46-43(53)41(51)39(49)36(31-47)59-46/h35-37,39-47,49-54H,3-34H2,1-2H3. The highest BCUT2D eigenvalue weighted by Crippen LogP contribution is 2.26. The Balaban J connectivity index is 1.77. The van der Waals surface area contributed by atoms with Crippen molar-refractivity contribution >= 4 is 5.97 Å². The molecule has 0 amide bonds. The highest BCUT2D eigenvalue weighted by Gasteiger charge is 2.47. The van der Waals surface area contributed by atoms with E-state index in [1.807, 2.05) is 0 Å². The maximum absolute atomic E-state index is 12.9. The minimum atomic E-state index is -1.70. The molecule has 0 aromatic heterocycles. The van der Waals surface area contributed by atoms with Gasteiger partial charge in [-0.3, -0.25) is 4.79 Å². The SMILES string of the molecule is CCCCCCCCCCCCCCCCCCOCC(COC1OC(COC2OC(CO)C(O)C(O)C2O)C(O)C(O)C1O)OC(=O)CCCCCCCCCCCC. The van der Waals surface area contributed by atoms with Crippen LogP contribution in [0.25, 0.3) is 0 Å². The van der Waals surface area contributed by atoms with Crippen LogP contribution in [0.15, 0.2) is 0 Å². The molecule has 2 rings (SSSR count). The lowest BCUT2D eigenvalue weighted by atomic mass is 9.98. The summed E-state index contributed by atoms with van der Waals surface area (Å²) in [5.74, 6) is -0.374. The van der Waals surface area contributed by atoms with Crippen molar-refractivity contribution in [2.24, 2.45) is 0 Å². The van der Waals surface area contributed by atoms with Gasteiger partial charge >= 0.3 is 5.97 Å². The Bertz CT molecular complexity index is 1010. The highest BCUT2D eigenvalue weighted by molar-refractivity contribution is 5.69. The van der Waals surface area contributed by atoms with E-state index < -0.39 is 80.7 Å². The van der Waals surface area contributed by atoms with E-state index in [-0.39, 0.29) is 25.6 Å². The fourth-order valence-electron chi connectivity index (χ4n) is 7.87. The molecule has 60 heavy (non-hydrogen) atoms. The van der Waals surface area contributed by atoms with Crippen molar-refractivity contribution in [3.05, 3.63) is 0 Å². The van der Waals surface area contributed by atoms with Gasteiger partial charge in [-0.05, 0) is 12.8 Å². The lowest BCUT2D eigenvalue weighted by Crippen LogP contribution is -2.61. The van der Waals surface area contributed by atoms with Gasteiger partial charge in [0.2, 0.25) is 0 Å². The Hall–Kier alpha value is -1.01. The molecule has 0 radical (unpaired) electrons. The summed E-state index contributed by atoms with van der Waals surface area (Å²) in [6.45, 7) is 3.70. The van der Waals surface area contributed by atoms with Crippen LogP contribution in [0.4, 0.5) is 0 Å². The summed E-state index contributed by atoms with van der Waals surface area (Å²) in [4.78, 5) is 12.9. The molecule has 2 heterocycles. The summed E-state index contributed by atoms with van der Waals surface area (Å²) in [6.07, 6.45) is 16.0. The molecule has 11 atom stereocenters. The fraction of sp³-hybridized carbons (Fsp3) is 0.978. The molecule has 2 saturated heterocycles. The van der Waals surface area contributed by atoms with E-state index in [1.165, 1.54) is 122 Å². The van der Waals surface area contributed by atoms with Crippen molar-refractivity contribution in [1.29, 1.82) is 0 Å². The van der Waals surface area contributed by atoms with Crippen LogP contribution in [0.2, 0.25) is 0 Å². The summed E-state index contributed by atoms with van der Waals surface area (Å²) in [7, 11) is 0. The Kier molecular flexibility index (Phi) is 32.5. The maximum atomic E-state index is 12.9. The van der Waals surface area contributed by atoms with Crippen LogP contribution < -0.4 is 0 Å². The van der Waals surface area contributed by atoms with Gasteiger partial charge in [-0.25, -0.2) is 0 Å². The van der Waals surface area contributed by atoms with Gasteiger partial charge < -0.3 is 64.2 Å². The van der Waals surface area contributed by atoms with Crippen LogP contribution in [-0.4, -0.2) is 142 Å². The van der Waals surface area contributed by atoms with Crippen LogP contribution in [-0.2, 0) is 33.2 Å². The predicted octanol–water partition coefficient (Wildman–Crippen LogP) is 6.13. The van der Waals surface area contributed by atoms with Crippen molar-refractivity contribution < 1.29 is 69.0 Å². The summed E-state index contributed by atoms with van der Waals surface area (Å²) in [5, 5.41) is 71.9. The summed E-state index contributed by atoms with van der Waals surface area (Å²) in [6, 6.07) is 0. The number of aliphatic hydroxyl groups is 7. The van der Waals surface area contributed by atoms with Gasteiger partial charge in [-0.1, -0.05) is 168 Å². The fourth-order valence-corrected chi connectivity index (χ4v) is 7.87. The minimum Gasteiger partial charge on any atom is -0.457 e. The molecule has 0 saturated carbocycles. The Morgan fingerprint density at radius 2 is 0.883 bits per heavy atom. The first-order valence-corrected chi connectivity index (χ1v) is 24.1. The average Bonchev–Trinajstić information content (AvgIpc) is 3.24. The van der Waals surface area contributed by atoms with E-state index in [9.17, 15) is 40.5 Å². The predicted molar refractivity (Wildman–Crippen MR) is 229 cm³/mol. The van der Waals surface area contributed by atoms with Crippen LogP contribution in [0.3, 0.4) is 0 Å². The molecule has 0 bridgehead atoms. The number of carbonyl (C=O) groups excluding carboxylic acids is 1. The molecular weight excluding hydrogens is 776 g/mol. The molecule has 2 aliphatic heterocycles. The largest absolute Gasteiger partial charge is 0.457 e. The molecule has 2 fully saturated rings. The van der Waals surface area contributed by atoms with E-state index in [4.69, 9.17) is 28.4 Å². The van der Waals surface area contributed by atoms with Crippen LogP contribution >= 0.6 is 0 Å². The monoisotopic (exact) mass is 865 g/mol. The number of ether oxygens (including phenoxy) is 6. The smallest absolute Gasteiger partial charge is 0.306 e. The van der Waals surface area contributed by atoms with Crippen molar-refractivity contribution in [2.75, 3.05) is 33.0 Å². The van der Waals surface area contributed by atoms with E-state index in [0.29, 0.717) is 13.0 Å². The van der Waals surface area contributed by atoms with Gasteiger partial charge in [0.1, 0.15) is 54.9 Å². The van der Waals surface area contributed by atoms with Crippen molar-refractivity contribution in [2.45, 2.75) is 255 Å². The topological polar surface area (TPSA) is 214 Å². The number of aliphatic hydroxyl groups excluding tert-OH is 7. The normalized spacial score (nSPS) is 27.6. The molecular formula is C46H88O14. The molecule has 14 heteroatoms. The highest BCUT2D eigenvalue weighted by atomic mass is 16.7. The van der Waals surface area contributed by atoms with Crippen LogP contribution in [0, 0.1) is 0 Å². The molecule has 356 valence electrons. The number of esters is 1. The molecule has 0 aromatic carbocycles. The number of carbonyl (C=O) groups is 1. The van der Waals surface area contributed by atoms with Gasteiger partial charge in [0, 0.05) is 13.0 Å². The summed E-state index contributed by atoms with van der Waals surface area (Å²) in [5.41, 5.74) is 0. The molecule has 0 aromatic rings. The number of hydrogen-bond donors (Lipinski definition) is 7. The van der Waals surface area contributed by atoms with Crippen LogP contribution in [0.5, 0.6) is 0 Å². The van der Waals surface area contributed by atoms with Gasteiger partial charge in [0.15, 0.2) is 12.6 Å². The van der Waals surface area contributed by atoms with Gasteiger partial charge in [-0.2, -0.15) is 0 Å². The van der Waals surface area contributed by atoms with Gasteiger partial charge in [0.05, 0.1) is 26.4 Å². The third kappa shape index (κ3) is 23.6. The summed E-state index contributed by atoms with van der Waals surface area (Å²) >= 11 is 0. The molecule has 11 unspecified atom stereocenters. The second-order valence-electron chi connectivity index (χ2n) is 17.3. The molecule has 0 aliphatic carbocycles. The number of rotatable bonds is 38. The Morgan fingerprint density at radius 3 is 1.35 bits per heavy atom. The first-order chi connectivity index (χ1) is 29.1. The maximum Gasteiger partial charge on any atom is 0.306 e. The van der Waals surface area contributed by atoms with E-state index in [0.717, 1.165) is 38.5 Å². The quantitative estimate of drug-likeness (QED) is 0.0275. The Labute approximate surface area is 362 Å². The van der Waals surface area contributed by atoms with E-state index in [1.54, 1.807) is 0 Å². The average molecular weight is 865 g/mol. The summed E-state index contributed by atoms with van der Waals surface area (Å²) < 4.78 is 34.2. The molecule has 14 nitrogen and oxygen atoms in total.